The average Bonchev–Trinajstić information content (AvgIpc) is 2.83. The third-order valence-electron chi connectivity index (χ3n) is 2.99. The maximum absolute atomic E-state index is 4.99. The van der Waals surface area contributed by atoms with Gasteiger partial charge in [0.25, 0.3) is 0 Å². The Kier molecular flexibility index (Phi) is 4.61. The Morgan fingerprint density at radius 2 is 2.12 bits per heavy atom. The molecule has 2 heterocycles. The molecule has 0 unspecified atom stereocenters. The molecule has 5 heteroatoms. The summed E-state index contributed by atoms with van der Waals surface area (Å²) < 4.78 is 4.99. The van der Waals surface area contributed by atoms with E-state index in [2.05, 4.69) is 20.4 Å². The standard InChI is InChI=1S/C11H20N4O/c1-3-7-15(8-4-1)9-5-2-6-12-11-14-13-10-16-11/h10H,1-9H2,(H,12,14). The van der Waals surface area contributed by atoms with E-state index in [0.717, 1.165) is 13.0 Å². The van der Waals surface area contributed by atoms with E-state index in [1.54, 1.807) is 0 Å². The lowest BCUT2D eigenvalue weighted by Crippen LogP contribution is -2.30. The molecule has 1 aromatic rings. The van der Waals surface area contributed by atoms with Gasteiger partial charge in [-0.05, 0) is 45.3 Å². The van der Waals surface area contributed by atoms with E-state index >= 15 is 0 Å². The Bertz CT molecular complexity index is 270. The molecule has 0 spiro atoms. The minimum atomic E-state index is 0.526. The van der Waals surface area contributed by atoms with Crippen LogP contribution in [-0.4, -0.2) is 41.3 Å². The number of nitrogens with one attached hydrogen (secondary N) is 1. The molecule has 1 aromatic heterocycles. The summed E-state index contributed by atoms with van der Waals surface area (Å²) in [5, 5.41) is 10.5. The van der Waals surface area contributed by atoms with Crippen LogP contribution in [0.25, 0.3) is 0 Å². The van der Waals surface area contributed by atoms with Crippen LogP contribution in [0.15, 0.2) is 10.8 Å². The molecular formula is C11H20N4O. The zero-order valence-corrected chi connectivity index (χ0v) is 9.69. The lowest BCUT2D eigenvalue weighted by molar-refractivity contribution is 0.225. The highest BCUT2D eigenvalue weighted by molar-refractivity contribution is 5.14. The quantitative estimate of drug-likeness (QED) is 0.746. The molecule has 90 valence electrons. The molecule has 1 aliphatic rings. The summed E-state index contributed by atoms with van der Waals surface area (Å²) in [6.45, 7) is 4.72. The monoisotopic (exact) mass is 224 g/mol. The molecule has 0 aromatic carbocycles. The predicted molar refractivity (Wildman–Crippen MR) is 62.3 cm³/mol. The molecule has 0 atom stereocenters. The lowest BCUT2D eigenvalue weighted by Gasteiger charge is -2.26. The Hall–Kier alpha value is -1.10. The van der Waals surface area contributed by atoms with Crippen LogP contribution in [0.2, 0.25) is 0 Å². The Morgan fingerprint density at radius 1 is 1.25 bits per heavy atom. The predicted octanol–water partition coefficient (Wildman–Crippen LogP) is 1.75. The fourth-order valence-corrected chi connectivity index (χ4v) is 2.09. The summed E-state index contributed by atoms with van der Waals surface area (Å²) >= 11 is 0. The first-order valence-corrected chi connectivity index (χ1v) is 6.17. The van der Waals surface area contributed by atoms with Crippen molar-refractivity contribution in [3.8, 4) is 0 Å². The number of likely N-dealkylation sites (tertiary alicyclic amines) is 1. The molecule has 0 saturated carbocycles. The molecule has 1 N–H and O–H groups in total. The fraction of sp³-hybridized carbons (Fsp3) is 0.818. The Morgan fingerprint density at radius 3 is 2.88 bits per heavy atom. The van der Waals surface area contributed by atoms with E-state index in [-0.39, 0.29) is 0 Å². The van der Waals surface area contributed by atoms with Crippen molar-refractivity contribution in [1.82, 2.24) is 15.1 Å². The van der Waals surface area contributed by atoms with Gasteiger partial charge in [-0.25, -0.2) is 0 Å². The first-order valence-electron chi connectivity index (χ1n) is 6.17. The van der Waals surface area contributed by atoms with E-state index in [4.69, 9.17) is 4.42 Å². The second-order valence-corrected chi connectivity index (χ2v) is 4.28. The number of rotatable bonds is 6. The van der Waals surface area contributed by atoms with Crippen molar-refractivity contribution in [2.45, 2.75) is 32.1 Å². The van der Waals surface area contributed by atoms with Crippen molar-refractivity contribution in [3.63, 3.8) is 0 Å². The number of hydrogen-bond donors (Lipinski definition) is 1. The van der Waals surface area contributed by atoms with Crippen LogP contribution in [0.1, 0.15) is 32.1 Å². The van der Waals surface area contributed by atoms with Crippen molar-refractivity contribution in [1.29, 1.82) is 0 Å². The van der Waals surface area contributed by atoms with Gasteiger partial charge in [0.15, 0.2) is 0 Å². The summed E-state index contributed by atoms with van der Waals surface area (Å²) in [5.41, 5.74) is 0. The van der Waals surface area contributed by atoms with E-state index in [1.807, 2.05) is 0 Å². The lowest BCUT2D eigenvalue weighted by atomic mass is 10.1. The molecule has 2 rings (SSSR count). The molecule has 5 nitrogen and oxygen atoms in total. The van der Waals surface area contributed by atoms with E-state index < -0.39 is 0 Å². The fourth-order valence-electron chi connectivity index (χ4n) is 2.09. The van der Waals surface area contributed by atoms with Crippen molar-refractivity contribution in [2.24, 2.45) is 0 Å². The van der Waals surface area contributed by atoms with Gasteiger partial charge >= 0.3 is 6.01 Å². The summed E-state index contributed by atoms with van der Waals surface area (Å²) in [6, 6.07) is 0.526. The van der Waals surface area contributed by atoms with Crippen LogP contribution in [0.5, 0.6) is 0 Å². The van der Waals surface area contributed by atoms with Crippen molar-refractivity contribution < 1.29 is 4.42 Å². The van der Waals surface area contributed by atoms with Crippen molar-refractivity contribution in [2.75, 3.05) is 31.5 Å². The van der Waals surface area contributed by atoms with Gasteiger partial charge in [-0.2, -0.15) is 0 Å². The first kappa shape index (κ1) is 11.4. The van der Waals surface area contributed by atoms with Gasteiger partial charge in [0.2, 0.25) is 6.39 Å². The third-order valence-corrected chi connectivity index (χ3v) is 2.99. The van der Waals surface area contributed by atoms with E-state index in [0.29, 0.717) is 6.01 Å². The van der Waals surface area contributed by atoms with Gasteiger partial charge in [0.1, 0.15) is 0 Å². The van der Waals surface area contributed by atoms with Crippen LogP contribution in [0, 0.1) is 0 Å². The molecule has 1 fully saturated rings. The van der Waals surface area contributed by atoms with Gasteiger partial charge in [0, 0.05) is 6.54 Å². The summed E-state index contributed by atoms with van der Waals surface area (Å²) in [5.74, 6) is 0. The smallest absolute Gasteiger partial charge is 0.315 e. The molecule has 0 amide bonds. The topological polar surface area (TPSA) is 54.2 Å². The number of unbranched alkanes of at least 4 members (excludes halogenated alkanes) is 1. The van der Waals surface area contributed by atoms with Crippen molar-refractivity contribution >= 4 is 6.01 Å². The molecular weight excluding hydrogens is 204 g/mol. The zero-order chi connectivity index (χ0) is 11.1. The number of piperidine rings is 1. The number of nitrogens with zero attached hydrogens (tertiary/aromatic N) is 3. The van der Waals surface area contributed by atoms with Gasteiger partial charge in [-0.15, -0.1) is 5.10 Å². The molecule has 0 bridgehead atoms. The maximum atomic E-state index is 4.99. The van der Waals surface area contributed by atoms with Crippen LogP contribution >= 0.6 is 0 Å². The van der Waals surface area contributed by atoms with Gasteiger partial charge in [-0.3, -0.25) is 0 Å². The highest BCUT2D eigenvalue weighted by Gasteiger charge is 2.08. The zero-order valence-electron chi connectivity index (χ0n) is 9.69. The highest BCUT2D eigenvalue weighted by atomic mass is 16.4. The number of anilines is 1. The first-order chi connectivity index (χ1) is 7.95. The second kappa shape index (κ2) is 6.48. The average molecular weight is 224 g/mol. The van der Waals surface area contributed by atoms with Crippen LogP contribution < -0.4 is 5.32 Å². The van der Waals surface area contributed by atoms with Gasteiger partial charge in [-0.1, -0.05) is 11.5 Å². The number of hydrogen-bond acceptors (Lipinski definition) is 5. The highest BCUT2D eigenvalue weighted by Crippen LogP contribution is 2.09. The van der Waals surface area contributed by atoms with Crippen LogP contribution in [0.3, 0.4) is 0 Å². The molecule has 16 heavy (non-hydrogen) atoms. The minimum Gasteiger partial charge on any atom is -0.411 e. The second-order valence-electron chi connectivity index (χ2n) is 4.28. The minimum absolute atomic E-state index is 0.526. The SMILES string of the molecule is c1nnc(NCCCCN2CCCCC2)o1. The normalized spacial score (nSPS) is 17.5. The summed E-state index contributed by atoms with van der Waals surface area (Å²) in [4.78, 5) is 2.57. The van der Waals surface area contributed by atoms with Crippen molar-refractivity contribution in [3.05, 3.63) is 6.39 Å². The Balaban J connectivity index is 1.48. The summed E-state index contributed by atoms with van der Waals surface area (Å²) in [7, 11) is 0. The number of aromatic nitrogens is 2. The Labute approximate surface area is 96.2 Å². The van der Waals surface area contributed by atoms with Gasteiger partial charge in [0.05, 0.1) is 0 Å². The summed E-state index contributed by atoms with van der Waals surface area (Å²) in [6.07, 6.45) is 7.89. The van der Waals surface area contributed by atoms with Crippen LogP contribution in [-0.2, 0) is 0 Å². The molecule has 1 saturated heterocycles. The van der Waals surface area contributed by atoms with E-state index in [1.165, 1.54) is 51.7 Å². The molecule has 1 aliphatic heterocycles. The third kappa shape index (κ3) is 3.81. The van der Waals surface area contributed by atoms with Gasteiger partial charge < -0.3 is 14.6 Å². The largest absolute Gasteiger partial charge is 0.411 e. The molecule has 0 radical (unpaired) electrons. The van der Waals surface area contributed by atoms with Crippen LogP contribution in [0.4, 0.5) is 6.01 Å². The molecule has 0 aliphatic carbocycles. The maximum Gasteiger partial charge on any atom is 0.315 e. The van der Waals surface area contributed by atoms with E-state index in [9.17, 15) is 0 Å².